The van der Waals surface area contributed by atoms with E-state index in [1.165, 1.54) is 59.4 Å². The number of hydrogen-bond acceptors (Lipinski definition) is 2. The van der Waals surface area contributed by atoms with Crippen molar-refractivity contribution in [3.8, 4) is 0 Å². The maximum absolute atomic E-state index is 5.14. The van der Waals surface area contributed by atoms with Gasteiger partial charge in [-0.2, -0.15) is 0 Å². The predicted molar refractivity (Wildman–Crippen MR) is 141 cm³/mol. The van der Waals surface area contributed by atoms with Crippen LogP contribution in [0, 0.1) is 0 Å². The smallest absolute Gasteiger partial charge is 0.0686 e. The first-order chi connectivity index (χ1) is 16.1. The highest BCUT2D eigenvalue weighted by Crippen LogP contribution is 2.35. The predicted octanol–water partition coefficient (Wildman–Crippen LogP) is 8.04. The zero-order valence-corrected chi connectivity index (χ0v) is 20.5. The molecular weight excluding hydrogens is 404 g/mol. The van der Waals surface area contributed by atoms with Crippen LogP contribution in [-0.2, 0) is 0 Å². The molecule has 2 aromatic rings. The Balaban J connectivity index is 1.68. The average Bonchev–Trinajstić information content (AvgIpc) is 3.59. The molecule has 0 fully saturated rings. The Hall–Kier alpha value is -3.14. The largest absolute Gasteiger partial charge is 0.362 e. The Morgan fingerprint density at radius 2 is 1.18 bits per heavy atom. The van der Waals surface area contributed by atoms with Crippen LogP contribution in [0.1, 0.15) is 84.0 Å². The van der Waals surface area contributed by atoms with Crippen molar-refractivity contribution in [1.82, 2.24) is 9.97 Å². The van der Waals surface area contributed by atoms with Gasteiger partial charge in [0.2, 0.25) is 0 Å². The molecule has 4 heteroatoms. The number of nitrogens with zero attached hydrogens (tertiary/aromatic N) is 2. The van der Waals surface area contributed by atoms with Crippen molar-refractivity contribution in [2.45, 2.75) is 72.6 Å². The van der Waals surface area contributed by atoms with Crippen LogP contribution in [0.5, 0.6) is 0 Å². The van der Waals surface area contributed by atoms with E-state index in [-0.39, 0.29) is 0 Å². The minimum absolute atomic E-state index is 0.802. The fourth-order valence-corrected chi connectivity index (χ4v) is 4.60. The van der Waals surface area contributed by atoms with Crippen molar-refractivity contribution >= 4 is 23.6 Å². The number of unbranched alkanes of at least 4 members (excludes halogenated alkanes) is 2. The summed E-state index contributed by atoms with van der Waals surface area (Å²) in [7, 11) is 0. The van der Waals surface area contributed by atoms with Gasteiger partial charge in [0.1, 0.15) is 0 Å². The molecule has 0 atom stereocenters. The fraction of sp³-hybridized carbons (Fsp3) is 0.379. The summed E-state index contributed by atoms with van der Waals surface area (Å²) < 4.78 is 0. The molecule has 0 aliphatic carbocycles. The van der Waals surface area contributed by atoms with Gasteiger partial charge in [-0.25, -0.2) is 0 Å². The van der Waals surface area contributed by atoms with Gasteiger partial charge in [-0.15, -0.1) is 0 Å². The van der Waals surface area contributed by atoms with Gasteiger partial charge >= 0.3 is 0 Å². The molecule has 0 unspecified atom stereocenters. The number of nitrogens with one attached hydrogen (secondary N) is 2. The summed E-state index contributed by atoms with van der Waals surface area (Å²) in [4.78, 5) is 16.8. The van der Waals surface area contributed by atoms with E-state index in [0.29, 0.717) is 0 Å². The molecule has 0 spiro atoms. The van der Waals surface area contributed by atoms with Gasteiger partial charge in [0.15, 0.2) is 0 Å². The van der Waals surface area contributed by atoms with Crippen molar-refractivity contribution in [3.63, 3.8) is 0 Å². The van der Waals surface area contributed by atoms with Gasteiger partial charge < -0.3 is 9.97 Å². The Morgan fingerprint density at radius 3 is 1.55 bits per heavy atom. The summed E-state index contributed by atoms with van der Waals surface area (Å²) in [5, 5.41) is 0. The lowest BCUT2D eigenvalue weighted by Gasteiger charge is -2.11. The number of allylic oxidation sites excluding steroid dienone is 4. The second-order valence-electron chi connectivity index (χ2n) is 9.02. The topological polar surface area (TPSA) is 56.3 Å². The molecule has 0 saturated heterocycles. The van der Waals surface area contributed by atoms with Crippen LogP contribution in [0.2, 0.25) is 0 Å². The molecule has 2 N–H and O–H groups in total. The summed E-state index contributed by atoms with van der Waals surface area (Å²) in [6.45, 7) is 8.96. The molecule has 2 aliphatic rings. The standard InChI is InChI=1S/C29H36N4/c1-5-7-13-24-20(3)26(17-22-11-9-15-30-22)32-28(24)19-29-25(14-8-6-2)21(4)27(33-29)18-23-12-10-16-31-23/h9-12,15-18,30-31H,5-8,13-14,19H2,1-4H3/b26-17-,27-18+. The van der Waals surface area contributed by atoms with E-state index >= 15 is 0 Å². The maximum atomic E-state index is 5.14. The zero-order chi connectivity index (χ0) is 23.2. The molecule has 0 bridgehead atoms. The Morgan fingerprint density at radius 1 is 0.727 bits per heavy atom. The SMILES string of the molecule is CCCCC1=C(C)/C(=C/c2ccc[nH]2)N=C1CC1=N/C(=C/c2ccc[nH]2)C(C)=C1CCCC. The third kappa shape index (κ3) is 5.27. The van der Waals surface area contributed by atoms with Gasteiger partial charge in [-0.3, -0.25) is 9.98 Å². The van der Waals surface area contributed by atoms with E-state index in [1.54, 1.807) is 0 Å². The molecular formula is C29H36N4. The van der Waals surface area contributed by atoms with Crippen molar-refractivity contribution in [1.29, 1.82) is 0 Å². The lowest BCUT2D eigenvalue weighted by atomic mass is 9.92. The molecule has 4 nitrogen and oxygen atoms in total. The Labute approximate surface area is 198 Å². The van der Waals surface area contributed by atoms with Crippen molar-refractivity contribution in [2.24, 2.45) is 9.98 Å². The first-order valence-electron chi connectivity index (χ1n) is 12.4. The highest BCUT2D eigenvalue weighted by Gasteiger charge is 2.26. The van der Waals surface area contributed by atoms with Gasteiger partial charge in [0, 0.05) is 30.2 Å². The van der Waals surface area contributed by atoms with Crippen LogP contribution in [0.15, 0.2) is 80.3 Å². The van der Waals surface area contributed by atoms with Gasteiger partial charge in [-0.05, 0) is 98.2 Å². The third-order valence-electron chi connectivity index (χ3n) is 6.61. The third-order valence-corrected chi connectivity index (χ3v) is 6.61. The van der Waals surface area contributed by atoms with Crippen LogP contribution >= 0.6 is 0 Å². The van der Waals surface area contributed by atoms with Crippen molar-refractivity contribution in [2.75, 3.05) is 0 Å². The molecule has 0 radical (unpaired) electrons. The lowest BCUT2D eigenvalue weighted by Crippen LogP contribution is -2.11. The maximum Gasteiger partial charge on any atom is 0.0686 e. The molecule has 0 amide bonds. The lowest BCUT2D eigenvalue weighted by molar-refractivity contribution is 0.797. The Bertz CT molecular complexity index is 1050. The van der Waals surface area contributed by atoms with E-state index in [2.05, 4.69) is 61.9 Å². The van der Waals surface area contributed by atoms with E-state index in [4.69, 9.17) is 9.98 Å². The van der Waals surface area contributed by atoms with Crippen LogP contribution in [0.4, 0.5) is 0 Å². The summed E-state index contributed by atoms with van der Waals surface area (Å²) in [6, 6.07) is 8.24. The molecule has 0 aromatic carbocycles. The number of aromatic amines is 2. The summed E-state index contributed by atoms with van der Waals surface area (Å²) in [5.74, 6) is 0. The normalized spacial score (nSPS) is 18.8. The van der Waals surface area contributed by atoms with E-state index in [0.717, 1.165) is 42.0 Å². The van der Waals surface area contributed by atoms with Gasteiger partial charge in [0.05, 0.1) is 22.8 Å². The number of hydrogen-bond donors (Lipinski definition) is 2. The Kier molecular flexibility index (Phi) is 7.43. The second kappa shape index (κ2) is 10.7. The van der Waals surface area contributed by atoms with Gasteiger partial charge in [0.25, 0.3) is 0 Å². The molecule has 0 saturated carbocycles. The van der Waals surface area contributed by atoms with E-state index in [9.17, 15) is 0 Å². The first-order valence-corrected chi connectivity index (χ1v) is 12.4. The zero-order valence-electron chi connectivity index (χ0n) is 20.5. The summed E-state index contributed by atoms with van der Waals surface area (Å²) in [5.41, 5.74) is 12.2. The number of aromatic nitrogens is 2. The highest BCUT2D eigenvalue weighted by atomic mass is 14.8. The quantitative estimate of drug-likeness (QED) is 0.376. The number of rotatable bonds is 10. The first kappa shape index (κ1) is 23.0. The molecule has 4 rings (SSSR count). The molecule has 2 aromatic heterocycles. The number of aliphatic imine (C=N–C) groups is 2. The van der Waals surface area contributed by atoms with Crippen LogP contribution in [-0.4, -0.2) is 21.4 Å². The second-order valence-corrected chi connectivity index (χ2v) is 9.02. The summed E-state index contributed by atoms with van der Waals surface area (Å²) >= 11 is 0. The average molecular weight is 441 g/mol. The van der Waals surface area contributed by atoms with Crippen LogP contribution < -0.4 is 0 Å². The summed E-state index contributed by atoms with van der Waals surface area (Å²) in [6.07, 6.45) is 16.0. The van der Waals surface area contributed by atoms with Gasteiger partial charge in [-0.1, -0.05) is 26.7 Å². The molecule has 2 aliphatic heterocycles. The fourth-order valence-electron chi connectivity index (χ4n) is 4.60. The van der Waals surface area contributed by atoms with E-state index < -0.39 is 0 Å². The number of H-pyrrole nitrogens is 2. The molecule has 33 heavy (non-hydrogen) atoms. The van der Waals surface area contributed by atoms with Crippen molar-refractivity contribution in [3.05, 3.63) is 81.7 Å². The van der Waals surface area contributed by atoms with Crippen LogP contribution in [0.3, 0.4) is 0 Å². The van der Waals surface area contributed by atoms with Crippen molar-refractivity contribution < 1.29 is 0 Å². The monoisotopic (exact) mass is 440 g/mol. The van der Waals surface area contributed by atoms with Crippen LogP contribution in [0.25, 0.3) is 12.2 Å². The minimum Gasteiger partial charge on any atom is -0.362 e. The molecule has 4 heterocycles. The highest BCUT2D eigenvalue weighted by molar-refractivity contribution is 6.21. The van der Waals surface area contributed by atoms with E-state index in [1.807, 2.05) is 24.5 Å². The molecule has 172 valence electrons. The minimum atomic E-state index is 0.802.